The number of hydrogen-bond acceptors (Lipinski definition) is 3. The van der Waals surface area contributed by atoms with Gasteiger partial charge < -0.3 is 10.5 Å². The van der Waals surface area contributed by atoms with Crippen molar-refractivity contribution in [2.45, 2.75) is 57.2 Å². The van der Waals surface area contributed by atoms with Crippen LogP contribution in [0.25, 0.3) is 0 Å². The Kier molecular flexibility index (Phi) is 4.27. The summed E-state index contributed by atoms with van der Waals surface area (Å²) in [5.41, 5.74) is 7.85. The van der Waals surface area contributed by atoms with Gasteiger partial charge in [-0.3, -0.25) is 4.90 Å². The minimum absolute atomic E-state index is 0.260. The lowest BCUT2D eigenvalue weighted by Gasteiger charge is -2.34. The van der Waals surface area contributed by atoms with Gasteiger partial charge in [0.05, 0.1) is 12.6 Å². The molecule has 2 unspecified atom stereocenters. The lowest BCUT2D eigenvalue weighted by atomic mass is 9.96. The lowest BCUT2D eigenvalue weighted by molar-refractivity contribution is 0.175. The number of benzene rings is 1. The van der Waals surface area contributed by atoms with E-state index < -0.39 is 0 Å². The first kappa shape index (κ1) is 13.9. The minimum Gasteiger partial charge on any atom is -0.494 e. The molecule has 0 spiro atoms. The second kappa shape index (κ2) is 6.15. The fraction of sp³-hybridized carbons (Fsp3) is 0.647. The molecule has 1 saturated heterocycles. The summed E-state index contributed by atoms with van der Waals surface area (Å²) >= 11 is 0. The Morgan fingerprint density at radius 3 is 2.55 bits per heavy atom. The van der Waals surface area contributed by atoms with Crippen LogP contribution in [-0.2, 0) is 0 Å². The van der Waals surface area contributed by atoms with E-state index in [9.17, 15) is 0 Å². The summed E-state index contributed by atoms with van der Waals surface area (Å²) in [7, 11) is 0. The SMILES string of the molecule is CCOc1ccc(C2C(N)CCCCN2C2CC2)cc1. The second-order valence-corrected chi connectivity index (χ2v) is 6.08. The molecule has 1 aliphatic carbocycles. The summed E-state index contributed by atoms with van der Waals surface area (Å²) < 4.78 is 5.54. The van der Waals surface area contributed by atoms with Crippen LogP contribution in [0, 0.1) is 0 Å². The number of rotatable bonds is 4. The fourth-order valence-corrected chi connectivity index (χ4v) is 3.40. The van der Waals surface area contributed by atoms with Gasteiger partial charge in [-0.2, -0.15) is 0 Å². The highest BCUT2D eigenvalue weighted by Crippen LogP contribution is 2.38. The molecule has 0 radical (unpaired) electrons. The van der Waals surface area contributed by atoms with Crippen molar-refractivity contribution in [1.29, 1.82) is 0 Å². The van der Waals surface area contributed by atoms with E-state index in [-0.39, 0.29) is 6.04 Å². The highest BCUT2D eigenvalue weighted by molar-refractivity contribution is 5.30. The summed E-state index contributed by atoms with van der Waals surface area (Å²) in [6, 6.07) is 10.0. The Hall–Kier alpha value is -1.06. The third kappa shape index (κ3) is 2.99. The van der Waals surface area contributed by atoms with Gasteiger partial charge in [-0.1, -0.05) is 18.6 Å². The van der Waals surface area contributed by atoms with E-state index in [1.54, 1.807) is 0 Å². The highest BCUT2D eigenvalue weighted by Gasteiger charge is 2.38. The summed E-state index contributed by atoms with van der Waals surface area (Å²) in [4.78, 5) is 2.66. The average Bonchev–Trinajstić information content (AvgIpc) is 3.27. The zero-order valence-corrected chi connectivity index (χ0v) is 12.4. The predicted octanol–water partition coefficient (Wildman–Crippen LogP) is 3.10. The van der Waals surface area contributed by atoms with Crippen LogP contribution in [0.1, 0.15) is 50.6 Å². The molecule has 2 fully saturated rings. The zero-order valence-electron chi connectivity index (χ0n) is 12.4. The van der Waals surface area contributed by atoms with Crippen molar-refractivity contribution in [2.24, 2.45) is 5.73 Å². The van der Waals surface area contributed by atoms with Gasteiger partial charge in [0.25, 0.3) is 0 Å². The van der Waals surface area contributed by atoms with Crippen LogP contribution in [-0.4, -0.2) is 30.1 Å². The highest BCUT2D eigenvalue weighted by atomic mass is 16.5. The van der Waals surface area contributed by atoms with Crippen molar-refractivity contribution in [3.63, 3.8) is 0 Å². The van der Waals surface area contributed by atoms with Crippen molar-refractivity contribution in [3.8, 4) is 5.75 Å². The Balaban J connectivity index is 1.82. The molecule has 3 nitrogen and oxygen atoms in total. The molecule has 2 aliphatic rings. The van der Waals surface area contributed by atoms with Crippen molar-refractivity contribution < 1.29 is 4.74 Å². The molecule has 1 aromatic carbocycles. The van der Waals surface area contributed by atoms with Crippen LogP contribution in [0.15, 0.2) is 24.3 Å². The Labute approximate surface area is 122 Å². The van der Waals surface area contributed by atoms with Crippen molar-refractivity contribution in [1.82, 2.24) is 4.90 Å². The normalized spacial score (nSPS) is 28.1. The fourth-order valence-electron chi connectivity index (χ4n) is 3.40. The Bertz CT molecular complexity index is 427. The van der Waals surface area contributed by atoms with Crippen molar-refractivity contribution >= 4 is 0 Å². The van der Waals surface area contributed by atoms with Crippen LogP contribution >= 0.6 is 0 Å². The molecule has 1 saturated carbocycles. The largest absolute Gasteiger partial charge is 0.494 e. The topological polar surface area (TPSA) is 38.5 Å². The quantitative estimate of drug-likeness (QED) is 0.917. The number of likely N-dealkylation sites (tertiary alicyclic amines) is 1. The Morgan fingerprint density at radius 2 is 1.90 bits per heavy atom. The maximum atomic E-state index is 6.49. The number of hydrogen-bond donors (Lipinski definition) is 1. The molecule has 0 amide bonds. The van der Waals surface area contributed by atoms with E-state index in [0.717, 1.165) is 24.8 Å². The molecule has 110 valence electrons. The first-order valence-electron chi connectivity index (χ1n) is 8.03. The van der Waals surface area contributed by atoms with E-state index in [0.29, 0.717) is 6.04 Å². The third-order valence-electron chi connectivity index (χ3n) is 4.52. The first-order valence-corrected chi connectivity index (χ1v) is 8.03. The van der Waals surface area contributed by atoms with Gasteiger partial charge in [0.2, 0.25) is 0 Å². The number of nitrogens with zero attached hydrogens (tertiary/aromatic N) is 1. The summed E-state index contributed by atoms with van der Waals surface area (Å²) in [5.74, 6) is 0.955. The van der Waals surface area contributed by atoms with Crippen LogP contribution in [0.4, 0.5) is 0 Å². The molecule has 1 aromatic rings. The van der Waals surface area contributed by atoms with Crippen LogP contribution in [0.5, 0.6) is 5.75 Å². The summed E-state index contributed by atoms with van der Waals surface area (Å²) in [6.45, 7) is 3.94. The van der Waals surface area contributed by atoms with Gasteiger partial charge in [-0.25, -0.2) is 0 Å². The van der Waals surface area contributed by atoms with Crippen LogP contribution in [0.2, 0.25) is 0 Å². The van der Waals surface area contributed by atoms with Crippen molar-refractivity contribution in [2.75, 3.05) is 13.2 Å². The molecule has 2 N–H and O–H groups in total. The Morgan fingerprint density at radius 1 is 1.15 bits per heavy atom. The number of nitrogens with two attached hydrogens (primary N) is 1. The number of ether oxygens (including phenoxy) is 1. The van der Waals surface area contributed by atoms with Gasteiger partial charge in [0.15, 0.2) is 0 Å². The molecular formula is C17H26N2O. The molecule has 0 aromatic heterocycles. The smallest absolute Gasteiger partial charge is 0.119 e. The molecule has 2 atom stereocenters. The van der Waals surface area contributed by atoms with E-state index >= 15 is 0 Å². The van der Waals surface area contributed by atoms with Gasteiger partial charge in [0.1, 0.15) is 5.75 Å². The predicted molar refractivity (Wildman–Crippen MR) is 81.9 cm³/mol. The van der Waals surface area contributed by atoms with E-state index in [2.05, 4.69) is 29.2 Å². The van der Waals surface area contributed by atoms with Crippen molar-refractivity contribution in [3.05, 3.63) is 29.8 Å². The average molecular weight is 274 g/mol. The monoisotopic (exact) mass is 274 g/mol. The maximum absolute atomic E-state index is 6.49. The van der Waals surface area contributed by atoms with Crippen LogP contribution < -0.4 is 10.5 Å². The molecule has 3 rings (SSSR count). The zero-order chi connectivity index (χ0) is 13.9. The van der Waals surface area contributed by atoms with Crippen LogP contribution in [0.3, 0.4) is 0 Å². The third-order valence-corrected chi connectivity index (χ3v) is 4.52. The maximum Gasteiger partial charge on any atom is 0.119 e. The molecule has 3 heteroatoms. The van der Waals surface area contributed by atoms with Gasteiger partial charge in [0, 0.05) is 12.1 Å². The van der Waals surface area contributed by atoms with E-state index in [1.807, 2.05) is 6.92 Å². The minimum atomic E-state index is 0.260. The van der Waals surface area contributed by atoms with Gasteiger partial charge in [-0.05, 0) is 56.8 Å². The van der Waals surface area contributed by atoms with E-state index in [1.165, 1.54) is 37.8 Å². The van der Waals surface area contributed by atoms with Gasteiger partial charge >= 0.3 is 0 Å². The van der Waals surface area contributed by atoms with E-state index in [4.69, 9.17) is 10.5 Å². The molecule has 0 bridgehead atoms. The summed E-state index contributed by atoms with van der Waals surface area (Å²) in [5, 5.41) is 0. The summed E-state index contributed by atoms with van der Waals surface area (Å²) in [6.07, 6.45) is 6.39. The second-order valence-electron chi connectivity index (χ2n) is 6.08. The molecule has 1 aliphatic heterocycles. The molecule has 1 heterocycles. The lowest BCUT2D eigenvalue weighted by Crippen LogP contribution is -2.41. The first-order chi connectivity index (χ1) is 9.79. The molecule has 20 heavy (non-hydrogen) atoms. The molecular weight excluding hydrogens is 248 g/mol. The standard InChI is InChI=1S/C17H26N2O/c1-2-20-15-10-6-13(7-11-15)17-16(18)5-3-4-12-19(17)14-8-9-14/h6-7,10-11,14,16-17H,2-5,8-9,12,18H2,1H3. The van der Waals surface area contributed by atoms with Gasteiger partial charge in [-0.15, -0.1) is 0 Å².